The molecule has 3 aromatic rings. The average Bonchev–Trinajstić information content (AvgIpc) is 3.09. The number of thiophene rings is 1. The van der Waals surface area contributed by atoms with Crippen molar-refractivity contribution in [2.45, 2.75) is 39.5 Å². The summed E-state index contributed by atoms with van der Waals surface area (Å²) in [4.78, 5) is 12.0. The van der Waals surface area contributed by atoms with Crippen LogP contribution < -0.4 is 5.32 Å². The summed E-state index contributed by atoms with van der Waals surface area (Å²) in [5.74, 6) is 1.89. The van der Waals surface area contributed by atoms with Crippen molar-refractivity contribution < 1.29 is 0 Å². The minimum absolute atomic E-state index is 0.857. The number of hydrogen-bond donors (Lipinski definition) is 1. The molecule has 0 atom stereocenters. The molecule has 0 radical (unpaired) electrons. The van der Waals surface area contributed by atoms with Crippen molar-refractivity contribution in [3.05, 3.63) is 51.7 Å². The number of aromatic nitrogens is 2. The Hall–Kier alpha value is -1.94. The highest BCUT2D eigenvalue weighted by Gasteiger charge is 2.21. The van der Waals surface area contributed by atoms with Crippen LogP contribution in [0.15, 0.2) is 24.3 Å². The van der Waals surface area contributed by atoms with Crippen LogP contribution in [0, 0.1) is 13.8 Å². The van der Waals surface area contributed by atoms with Crippen molar-refractivity contribution in [2.24, 2.45) is 0 Å². The molecule has 0 saturated heterocycles. The second-order valence-corrected chi connectivity index (χ2v) is 7.34. The Morgan fingerprint density at radius 1 is 1.13 bits per heavy atom. The van der Waals surface area contributed by atoms with E-state index in [1.54, 1.807) is 0 Å². The van der Waals surface area contributed by atoms with Gasteiger partial charge >= 0.3 is 0 Å². The summed E-state index contributed by atoms with van der Waals surface area (Å²) in [6, 6.07) is 8.59. The Balaban J connectivity index is 1.60. The number of anilines is 1. The van der Waals surface area contributed by atoms with E-state index in [0.29, 0.717) is 0 Å². The standard InChI is InChI=1S/C19H21N3S/c1-12-6-3-4-7-14(12)10-11-20-18-17-15-8-5-9-16(15)23-19(17)22-13(2)21-18/h3-4,6-7H,5,8-11H2,1-2H3,(H,20,21,22). The second kappa shape index (κ2) is 5.93. The number of nitrogens with zero attached hydrogens (tertiary/aromatic N) is 2. The molecule has 0 bridgehead atoms. The maximum Gasteiger partial charge on any atom is 0.138 e. The molecule has 1 N–H and O–H groups in total. The predicted molar refractivity (Wildman–Crippen MR) is 97.5 cm³/mol. The molecular weight excluding hydrogens is 302 g/mol. The molecule has 118 valence electrons. The second-order valence-electron chi connectivity index (χ2n) is 6.26. The van der Waals surface area contributed by atoms with E-state index in [4.69, 9.17) is 0 Å². The lowest BCUT2D eigenvalue weighted by molar-refractivity contribution is 0.916. The highest BCUT2D eigenvalue weighted by molar-refractivity contribution is 7.19. The van der Waals surface area contributed by atoms with Gasteiger partial charge in [-0.1, -0.05) is 24.3 Å². The van der Waals surface area contributed by atoms with Crippen LogP contribution >= 0.6 is 11.3 Å². The average molecular weight is 323 g/mol. The molecule has 3 nitrogen and oxygen atoms in total. The van der Waals surface area contributed by atoms with E-state index in [-0.39, 0.29) is 0 Å². The molecular formula is C19H21N3S. The molecule has 0 spiro atoms. The summed E-state index contributed by atoms with van der Waals surface area (Å²) in [5.41, 5.74) is 4.25. The van der Waals surface area contributed by atoms with Crippen molar-refractivity contribution in [1.29, 1.82) is 0 Å². The fraction of sp³-hybridized carbons (Fsp3) is 0.368. The molecule has 4 heteroatoms. The Morgan fingerprint density at radius 2 is 2.00 bits per heavy atom. The topological polar surface area (TPSA) is 37.8 Å². The first-order valence-corrected chi connectivity index (χ1v) is 9.11. The Kier molecular flexibility index (Phi) is 3.77. The van der Waals surface area contributed by atoms with Crippen LogP contribution in [0.25, 0.3) is 10.2 Å². The summed E-state index contributed by atoms with van der Waals surface area (Å²) in [7, 11) is 0. The van der Waals surface area contributed by atoms with E-state index in [1.807, 2.05) is 18.3 Å². The van der Waals surface area contributed by atoms with Crippen LogP contribution in [0.2, 0.25) is 0 Å². The first kappa shape index (κ1) is 14.6. The van der Waals surface area contributed by atoms with E-state index in [1.165, 1.54) is 46.2 Å². The lowest BCUT2D eigenvalue weighted by atomic mass is 10.1. The van der Waals surface area contributed by atoms with Gasteiger partial charge in [0.25, 0.3) is 0 Å². The zero-order chi connectivity index (χ0) is 15.8. The Morgan fingerprint density at radius 3 is 2.87 bits per heavy atom. The van der Waals surface area contributed by atoms with Gasteiger partial charge in [0.2, 0.25) is 0 Å². The number of aryl methyl sites for hydroxylation is 4. The molecule has 0 saturated carbocycles. The zero-order valence-corrected chi connectivity index (χ0v) is 14.5. The maximum absolute atomic E-state index is 4.69. The number of rotatable bonds is 4. The molecule has 0 aliphatic heterocycles. The molecule has 1 aliphatic rings. The third kappa shape index (κ3) is 2.72. The van der Waals surface area contributed by atoms with Gasteiger partial charge in [-0.2, -0.15) is 0 Å². The maximum atomic E-state index is 4.69. The van der Waals surface area contributed by atoms with E-state index in [0.717, 1.165) is 29.4 Å². The van der Waals surface area contributed by atoms with E-state index >= 15 is 0 Å². The van der Waals surface area contributed by atoms with Gasteiger partial charge < -0.3 is 5.32 Å². The van der Waals surface area contributed by atoms with Gasteiger partial charge in [0, 0.05) is 11.4 Å². The number of nitrogens with one attached hydrogen (secondary N) is 1. The third-order valence-corrected chi connectivity index (χ3v) is 5.81. The summed E-state index contributed by atoms with van der Waals surface area (Å²) in [6.07, 6.45) is 4.67. The van der Waals surface area contributed by atoms with Crippen LogP contribution in [0.1, 0.15) is 33.8 Å². The largest absolute Gasteiger partial charge is 0.369 e. The minimum Gasteiger partial charge on any atom is -0.369 e. The fourth-order valence-corrected chi connectivity index (χ4v) is 4.74. The summed E-state index contributed by atoms with van der Waals surface area (Å²) >= 11 is 1.86. The Bertz CT molecular complexity index is 866. The van der Waals surface area contributed by atoms with Crippen LogP contribution in [0.4, 0.5) is 5.82 Å². The first-order chi connectivity index (χ1) is 11.2. The number of benzene rings is 1. The smallest absolute Gasteiger partial charge is 0.138 e. The molecule has 23 heavy (non-hydrogen) atoms. The van der Waals surface area contributed by atoms with E-state index in [9.17, 15) is 0 Å². The normalized spacial score (nSPS) is 13.5. The van der Waals surface area contributed by atoms with Crippen LogP contribution in [0.3, 0.4) is 0 Å². The Labute approximate surface area is 140 Å². The van der Waals surface area contributed by atoms with Crippen molar-refractivity contribution >= 4 is 27.4 Å². The lowest BCUT2D eigenvalue weighted by Gasteiger charge is -2.10. The quantitative estimate of drug-likeness (QED) is 0.771. The molecule has 2 heterocycles. The molecule has 0 unspecified atom stereocenters. The predicted octanol–water partition coefficient (Wildman–Crippen LogP) is 4.45. The van der Waals surface area contributed by atoms with Crippen molar-refractivity contribution in [3.8, 4) is 0 Å². The SMILES string of the molecule is Cc1nc(NCCc2ccccc2C)c2c3c(sc2n1)CCC3. The van der Waals surface area contributed by atoms with Gasteiger partial charge in [-0.05, 0) is 56.2 Å². The molecule has 1 aliphatic carbocycles. The molecule has 1 aromatic carbocycles. The molecule has 2 aromatic heterocycles. The van der Waals surface area contributed by atoms with E-state index in [2.05, 4.69) is 46.5 Å². The van der Waals surface area contributed by atoms with Crippen molar-refractivity contribution in [1.82, 2.24) is 9.97 Å². The van der Waals surface area contributed by atoms with Crippen molar-refractivity contribution in [2.75, 3.05) is 11.9 Å². The summed E-state index contributed by atoms with van der Waals surface area (Å²) < 4.78 is 0. The van der Waals surface area contributed by atoms with Crippen LogP contribution in [-0.4, -0.2) is 16.5 Å². The minimum atomic E-state index is 0.857. The highest BCUT2D eigenvalue weighted by Crippen LogP contribution is 2.39. The van der Waals surface area contributed by atoms with Gasteiger partial charge in [0.05, 0.1) is 5.39 Å². The summed E-state index contributed by atoms with van der Waals surface area (Å²) in [5, 5.41) is 4.85. The first-order valence-electron chi connectivity index (χ1n) is 8.29. The molecule has 4 rings (SSSR count). The zero-order valence-electron chi connectivity index (χ0n) is 13.6. The highest BCUT2D eigenvalue weighted by atomic mass is 32.1. The van der Waals surface area contributed by atoms with Gasteiger partial charge in [-0.15, -0.1) is 11.3 Å². The van der Waals surface area contributed by atoms with E-state index < -0.39 is 0 Å². The van der Waals surface area contributed by atoms with Crippen molar-refractivity contribution in [3.63, 3.8) is 0 Å². The third-order valence-electron chi connectivity index (χ3n) is 4.62. The molecule has 0 amide bonds. The number of fused-ring (bicyclic) bond motifs is 3. The number of hydrogen-bond acceptors (Lipinski definition) is 4. The van der Waals surface area contributed by atoms with Gasteiger partial charge in [-0.25, -0.2) is 9.97 Å². The molecule has 0 fully saturated rings. The van der Waals surface area contributed by atoms with Gasteiger partial charge in [0.1, 0.15) is 16.5 Å². The monoisotopic (exact) mass is 323 g/mol. The van der Waals surface area contributed by atoms with Gasteiger partial charge in [-0.3, -0.25) is 0 Å². The fourth-order valence-electron chi connectivity index (χ4n) is 3.44. The van der Waals surface area contributed by atoms with Gasteiger partial charge in [0.15, 0.2) is 0 Å². The lowest BCUT2D eigenvalue weighted by Crippen LogP contribution is -2.08. The van der Waals surface area contributed by atoms with Crippen LogP contribution in [0.5, 0.6) is 0 Å². The summed E-state index contributed by atoms with van der Waals surface area (Å²) in [6.45, 7) is 5.06. The van der Waals surface area contributed by atoms with Crippen LogP contribution in [-0.2, 0) is 19.3 Å².